The van der Waals surface area contributed by atoms with Gasteiger partial charge in [0, 0.05) is 0 Å². The van der Waals surface area contributed by atoms with Crippen LogP contribution >= 0.6 is 0 Å². The Labute approximate surface area is 380 Å². The van der Waals surface area contributed by atoms with Gasteiger partial charge in [-0.25, -0.2) is 9.59 Å². The topological polar surface area (TPSA) is 204 Å². The molecule has 348 valence electrons. The summed E-state index contributed by atoms with van der Waals surface area (Å²) in [4.78, 5) is 55.1. The summed E-state index contributed by atoms with van der Waals surface area (Å²) >= 11 is 0. The molecule has 2 N–H and O–H groups in total. The van der Waals surface area contributed by atoms with E-state index in [0.29, 0.717) is 5.56 Å². The van der Waals surface area contributed by atoms with Gasteiger partial charge in [-0.1, -0.05) is 128 Å². The SMILES string of the molecule is C=CCOC(=O)OC[C@H]1O[C@@H](O[C@H]2[C@H](OCc3ccccc3)[C@@H](N3C(=O)c4ccccc4C3=O)[C@H](OCc3ccccc3)O[C@@H]2COCc2ccccc2)[C@H](O)[C@@H](OC(=O)OCC=C)[C@H]1O. The molecule has 0 saturated carbocycles. The summed E-state index contributed by atoms with van der Waals surface area (Å²) in [7, 11) is 0. The van der Waals surface area contributed by atoms with Crippen molar-refractivity contribution in [2.24, 2.45) is 0 Å². The van der Waals surface area contributed by atoms with Crippen molar-refractivity contribution in [3.05, 3.63) is 168 Å². The molecular weight excluding hydrogens is 859 g/mol. The fourth-order valence-electron chi connectivity index (χ4n) is 7.69. The highest BCUT2D eigenvalue weighted by Crippen LogP contribution is 2.38. The van der Waals surface area contributed by atoms with Crippen LogP contribution < -0.4 is 0 Å². The molecular formula is C49H51NO16. The van der Waals surface area contributed by atoms with Gasteiger partial charge in [-0.05, 0) is 28.8 Å². The maximum Gasteiger partial charge on any atom is 0.509 e. The molecule has 4 aromatic carbocycles. The molecule has 2 amide bonds. The molecule has 0 radical (unpaired) electrons. The summed E-state index contributed by atoms with van der Waals surface area (Å²) in [6.45, 7) is 5.73. The van der Waals surface area contributed by atoms with Crippen LogP contribution in [0.5, 0.6) is 0 Å². The zero-order valence-corrected chi connectivity index (χ0v) is 35.8. The zero-order chi connectivity index (χ0) is 46.4. The van der Waals surface area contributed by atoms with Gasteiger partial charge >= 0.3 is 12.3 Å². The average molecular weight is 910 g/mol. The molecule has 2 fully saturated rings. The molecule has 0 unspecified atom stereocenters. The normalized spacial score (nSPS) is 25.9. The number of benzene rings is 4. The van der Waals surface area contributed by atoms with E-state index in [9.17, 15) is 29.4 Å². The van der Waals surface area contributed by atoms with Gasteiger partial charge in [0.25, 0.3) is 11.8 Å². The number of fused-ring (bicyclic) bond motifs is 1. The van der Waals surface area contributed by atoms with Crippen LogP contribution in [0.15, 0.2) is 141 Å². The third-order valence-corrected chi connectivity index (χ3v) is 10.8. The number of aliphatic hydroxyl groups is 2. The van der Waals surface area contributed by atoms with E-state index < -0.39 is 92.1 Å². The van der Waals surface area contributed by atoms with Crippen LogP contribution in [-0.4, -0.2) is 127 Å². The third-order valence-electron chi connectivity index (χ3n) is 10.8. The molecule has 0 aromatic heterocycles. The quantitative estimate of drug-likeness (QED) is 0.0658. The number of ether oxygens (including phenoxy) is 10. The van der Waals surface area contributed by atoms with Gasteiger partial charge in [0.05, 0.1) is 37.6 Å². The Morgan fingerprint density at radius 1 is 0.576 bits per heavy atom. The number of hydrogen-bond acceptors (Lipinski definition) is 16. The summed E-state index contributed by atoms with van der Waals surface area (Å²) in [5.41, 5.74) is 2.60. The Hall–Kier alpha value is -6.28. The highest BCUT2D eigenvalue weighted by atomic mass is 16.8. The monoisotopic (exact) mass is 909 g/mol. The first-order valence-electron chi connectivity index (χ1n) is 21.2. The van der Waals surface area contributed by atoms with Crippen molar-refractivity contribution in [2.75, 3.05) is 26.4 Å². The van der Waals surface area contributed by atoms with Gasteiger partial charge in [0.2, 0.25) is 0 Å². The summed E-state index contributed by atoms with van der Waals surface area (Å²) in [5, 5.41) is 23.3. The number of nitrogens with zero attached hydrogens (tertiary/aromatic N) is 1. The minimum absolute atomic E-state index is 0.0140. The number of amides is 2. The number of carbonyl (C=O) groups excluding carboxylic acids is 4. The maximum absolute atomic E-state index is 14.5. The molecule has 3 aliphatic heterocycles. The van der Waals surface area contributed by atoms with E-state index in [-0.39, 0.29) is 50.8 Å². The van der Waals surface area contributed by atoms with Crippen LogP contribution in [0.3, 0.4) is 0 Å². The number of rotatable bonds is 20. The third kappa shape index (κ3) is 11.7. The standard InChI is InChI=1S/C49H51NO16/c1-3-24-58-48(55)62-30-36-39(51)43(66-49(56)59-25-4-2)40(52)47(63-36)65-41-37(29-57-26-31-16-8-5-9-17-31)64-46(61-28-33-20-12-7-13-21-33)38(42(41)60-27-32-18-10-6-11-19-32)50-44(53)34-22-14-15-23-35(34)45(50)54/h3-23,36-43,46-47,51-52H,1-2,24-30H2/t36-,37-,38-,39+,40-,41-,42-,43+,46-,47+/m1/s1. The average Bonchev–Trinajstić information content (AvgIpc) is 3.59. The van der Waals surface area contributed by atoms with Crippen molar-refractivity contribution < 1.29 is 76.8 Å². The van der Waals surface area contributed by atoms with Crippen molar-refractivity contribution in [1.82, 2.24) is 4.90 Å². The predicted molar refractivity (Wildman–Crippen MR) is 231 cm³/mol. The Kier molecular flexibility index (Phi) is 16.8. The van der Waals surface area contributed by atoms with Crippen molar-refractivity contribution in [1.29, 1.82) is 0 Å². The maximum atomic E-state index is 14.5. The van der Waals surface area contributed by atoms with Crippen molar-refractivity contribution in [3.63, 3.8) is 0 Å². The zero-order valence-electron chi connectivity index (χ0n) is 35.8. The molecule has 66 heavy (non-hydrogen) atoms. The second kappa shape index (κ2) is 23.3. The van der Waals surface area contributed by atoms with E-state index in [1.807, 2.05) is 91.0 Å². The van der Waals surface area contributed by atoms with E-state index in [4.69, 9.17) is 47.4 Å². The largest absolute Gasteiger partial charge is 0.509 e. The molecule has 4 aromatic rings. The highest BCUT2D eigenvalue weighted by Gasteiger charge is 2.58. The number of hydrogen-bond donors (Lipinski definition) is 2. The lowest BCUT2D eigenvalue weighted by Gasteiger charge is -2.50. The fraction of sp³-hybridized carbons (Fsp3) is 0.347. The smallest absolute Gasteiger partial charge is 0.431 e. The van der Waals surface area contributed by atoms with Crippen LogP contribution in [0.1, 0.15) is 37.4 Å². The van der Waals surface area contributed by atoms with Gasteiger partial charge in [0.15, 0.2) is 18.7 Å². The Bertz CT molecular complexity index is 2210. The first-order chi connectivity index (χ1) is 32.2. The molecule has 0 spiro atoms. The lowest BCUT2D eigenvalue weighted by atomic mass is 9.93. The molecule has 3 heterocycles. The van der Waals surface area contributed by atoms with E-state index in [2.05, 4.69) is 13.2 Å². The Morgan fingerprint density at radius 3 is 1.67 bits per heavy atom. The molecule has 0 aliphatic carbocycles. The van der Waals surface area contributed by atoms with Crippen LogP contribution in [0.2, 0.25) is 0 Å². The number of carbonyl (C=O) groups is 4. The van der Waals surface area contributed by atoms with Crippen LogP contribution in [0, 0.1) is 0 Å². The summed E-state index contributed by atoms with van der Waals surface area (Å²) < 4.78 is 59.6. The highest BCUT2D eigenvalue weighted by molar-refractivity contribution is 6.21. The lowest BCUT2D eigenvalue weighted by Crippen LogP contribution is -2.69. The Morgan fingerprint density at radius 2 is 1.09 bits per heavy atom. The fourth-order valence-corrected chi connectivity index (χ4v) is 7.69. The molecule has 17 nitrogen and oxygen atoms in total. The van der Waals surface area contributed by atoms with Gasteiger partial charge in [0.1, 0.15) is 62.5 Å². The lowest BCUT2D eigenvalue weighted by molar-refractivity contribution is -0.357. The molecule has 2 saturated heterocycles. The summed E-state index contributed by atoms with van der Waals surface area (Å²) in [6, 6.07) is 32.7. The van der Waals surface area contributed by atoms with Gasteiger partial charge < -0.3 is 57.6 Å². The number of imide groups is 1. The molecule has 10 atom stereocenters. The predicted octanol–water partition coefficient (Wildman–Crippen LogP) is 5.27. The molecule has 3 aliphatic rings. The summed E-state index contributed by atoms with van der Waals surface area (Å²) in [6.07, 6.45) is -14.0. The van der Waals surface area contributed by atoms with E-state index in [0.717, 1.165) is 16.0 Å². The van der Waals surface area contributed by atoms with E-state index >= 15 is 0 Å². The second-order valence-electron chi connectivity index (χ2n) is 15.3. The van der Waals surface area contributed by atoms with Gasteiger partial charge in [-0.3, -0.25) is 14.5 Å². The van der Waals surface area contributed by atoms with E-state index in [1.54, 1.807) is 24.3 Å². The van der Waals surface area contributed by atoms with Crippen LogP contribution in [-0.2, 0) is 67.2 Å². The first kappa shape index (κ1) is 47.7. The second-order valence-corrected chi connectivity index (χ2v) is 15.3. The summed E-state index contributed by atoms with van der Waals surface area (Å²) in [5.74, 6) is -1.29. The van der Waals surface area contributed by atoms with Crippen molar-refractivity contribution >= 4 is 24.1 Å². The van der Waals surface area contributed by atoms with Crippen molar-refractivity contribution in [2.45, 2.75) is 81.2 Å². The van der Waals surface area contributed by atoms with Crippen LogP contribution in [0.25, 0.3) is 0 Å². The number of aliphatic hydroxyl groups excluding tert-OH is 2. The first-order valence-corrected chi connectivity index (χ1v) is 21.2. The minimum Gasteiger partial charge on any atom is -0.431 e. The molecule has 0 bridgehead atoms. The Balaban J connectivity index is 1.29. The van der Waals surface area contributed by atoms with Gasteiger partial charge in [-0.2, -0.15) is 0 Å². The van der Waals surface area contributed by atoms with Crippen LogP contribution in [0.4, 0.5) is 9.59 Å². The van der Waals surface area contributed by atoms with E-state index in [1.165, 1.54) is 12.2 Å². The molecule has 17 heteroatoms. The van der Waals surface area contributed by atoms with Crippen molar-refractivity contribution in [3.8, 4) is 0 Å². The molecule has 7 rings (SSSR count). The van der Waals surface area contributed by atoms with Gasteiger partial charge in [-0.15, -0.1) is 0 Å². The minimum atomic E-state index is -1.95.